The van der Waals surface area contributed by atoms with Gasteiger partial charge in [-0.05, 0) is 32.0 Å². The topological polar surface area (TPSA) is 105 Å². The third kappa shape index (κ3) is 5.15. The molecule has 8 heteroatoms. The van der Waals surface area contributed by atoms with Gasteiger partial charge in [0, 0.05) is 11.6 Å². The van der Waals surface area contributed by atoms with Gasteiger partial charge in [-0.3, -0.25) is 14.4 Å². The Morgan fingerprint density at radius 3 is 2.29 bits per heavy atom. The summed E-state index contributed by atoms with van der Waals surface area (Å²) >= 11 is 0. The number of carbonyl (C=O) groups is 3. The molecule has 0 aliphatic rings. The first-order valence-electron chi connectivity index (χ1n) is 7.31. The standard InChI is InChI=1S/C16H22N2O6/c1-10(2)18(9-15(20)21)14(19)8-17-16(22)11-5-6-12(23-3)13(7-11)24-4/h5-7,10H,8-9H2,1-4H3,(H,17,22)(H,20,21). The van der Waals surface area contributed by atoms with Crippen molar-refractivity contribution in [2.24, 2.45) is 0 Å². The lowest BCUT2D eigenvalue weighted by Crippen LogP contribution is -2.45. The minimum absolute atomic E-state index is 0.286. The maximum absolute atomic E-state index is 12.1. The van der Waals surface area contributed by atoms with Crippen molar-refractivity contribution in [2.45, 2.75) is 19.9 Å². The average molecular weight is 338 g/mol. The van der Waals surface area contributed by atoms with Crippen LogP contribution < -0.4 is 14.8 Å². The second-order valence-electron chi connectivity index (χ2n) is 5.26. The van der Waals surface area contributed by atoms with Crippen LogP contribution in [0.3, 0.4) is 0 Å². The summed E-state index contributed by atoms with van der Waals surface area (Å²) in [4.78, 5) is 36.2. The van der Waals surface area contributed by atoms with Gasteiger partial charge in [-0.1, -0.05) is 0 Å². The summed E-state index contributed by atoms with van der Waals surface area (Å²) < 4.78 is 10.2. The van der Waals surface area contributed by atoms with Gasteiger partial charge in [0.25, 0.3) is 5.91 Å². The van der Waals surface area contributed by atoms with E-state index in [1.165, 1.54) is 25.2 Å². The molecular formula is C16H22N2O6. The highest BCUT2D eigenvalue weighted by Crippen LogP contribution is 2.27. The van der Waals surface area contributed by atoms with Crippen molar-refractivity contribution in [3.8, 4) is 11.5 Å². The number of ether oxygens (including phenoxy) is 2. The number of benzene rings is 1. The maximum Gasteiger partial charge on any atom is 0.323 e. The van der Waals surface area contributed by atoms with E-state index in [2.05, 4.69) is 5.32 Å². The molecule has 24 heavy (non-hydrogen) atoms. The lowest BCUT2D eigenvalue weighted by atomic mass is 10.2. The lowest BCUT2D eigenvalue weighted by molar-refractivity contribution is -0.145. The van der Waals surface area contributed by atoms with Crippen LogP contribution >= 0.6 is 0 Å². The summed E-state index contributed by atoms with van der Waals surface area (Å²) in [7, 11) is 2.94. The molecule has 2 N–H and O–H groups in total. The van der Waals surface area contributed by atoms with Crippen LogP contribution in [0.4, 0.5) is 0 Å². The van der Waals surface area contributed by atoms with Gasteiger partial charge >= 0.3 is 5.97 Å². The minimum Gasteiger partial charge on any atom is -0.493 e. The quantitative estimate of drug-likeness (QED) is 0.725. The molecule has 0 heterocycles. The highest BCUT2D eigenvalue weighted by Gasteiger charge is 2.20. The average Bonchev–Trinajstić information content (AvgIpc) is 2.56. The van der Waals surface area contributed by atoms with Gasteiger partial charge in [-0.2, -0.15) is 0 Å². The van der Waals surface area contributed by atoms with E-state index in [4.69, 9.17) is 14.6 Å². The second-order valence-corrected chi connectivity index (χ2v) is 5.26. The molecule has 2 amide bonds. The summed E-state index contributed by atoms with van der Waals surface area (Å²) in [6.45, 7) is 2.70. The summed E-state index contributed by atoms with van der Waals surface area (Å²) in [5.74, 6) is -1.17. The van der Waals surface area contributed by atoms with Gasteiger partial charge in [-0.15, -0.1) is 0 Å². The fourth-order valence-electron chi connectivity index (χ4n) is 2.04. The minimum atomic E-state index is -1.11. The van der Waals surface area contributed by atoms with Crippen LogP contribution in [0.25, 0.3) is 0 Å². The van der Waals surface area contributed by atoms with Crippen molar-refractivity contribution in [3.63, 3.8) is 0 Å². The zero-order valence-corrected chi connectivity index (χ0v) is 14.2. The van der Waals surface area contributed by atoms with E-state index in [0.29, 0.717) is 17.1 Å². The fraction of sp³-hybridized carbons (Fsp3) is 0.438. The number of carbonyl (C=O) groups excluding carboxylic acids is 2. The Morgan fingerprint density at radius 1 is 1.17 bits per heavy atom. The zero-order valence-electron chi connectivity index (χ0n) is 14.2. The molecular weight excluding hydrogens is 316 g/mol. The first-order valence-corrected chi connectivity index (χ1v) is 7.31. The Labute approximate surface area is 140 Å². The first kappa shape index (κ1) is 19.3. The van der Waals surface area contributed by atoms with Crippen LogP contribution in [-0.2, 0) is 9.59 Å². The van der Waals surface area contributed by atoms with Crippen LogP contribution in [0.1, 0.15) is 24.2 Å². The van der Waals surface area contributed by atoms with Gasteiger partial charge < -0.3 is 24.8 Å². The number of nitrogens with one attached hydrogen (secondary N) is 1. The highest BCUT2D eigenvalue weighted by atomic mass is 16.5. The maximum atomic E-state index is 12.1. The van der Waals surface area contributed by atoms with Gasteiger partial charge in [0.15, 0.2) is 11.5 Å². The molecule has 0 aliphatic heterocycles. The van der Waals surface area contributed by atoms with Crippen LogP contribution in [0.2, 0.25) is 0 Å². The van der Waals surface area contributed by atoms with Crippen LogP contribution in [0.15, 0.2) is 18.2 Å². The Kier molecular flexibility index (Phi) is 7.03. The Morgan fingerprint density at radius 2 is 1.79 bits per heavy atom. The molecule has 0 saturated heterocycles. The van der Waals surface area contributed by atoms with E-state index in [1.54, 1.807) is 26.0 Å². The van der Waals surface area contributed by atoms with E-state index >= 15 is 0 Å². The molecule has 0 radical (unpaired) electrons. The molecule has 8 nitrogen and oxygen atoms in total. The van der Waals surface area contributed by atoms with E-state index in [1.807, 2.05) is 0 Å². The molecule has 0 spiro atoms. The summed E-state index contributed by atoms with van der Waals surface area (Å²) in [6.07, 6.45) is 0. The largest absolute Gasteiger partial charge is 0.493 e. The van der Waals surface area contributed by atoms with Crippen molar-refractivity contribution in [1.29, 1.82) is 0 Å². The molecule has 0 unspecified atom stereocenters. The van der Waals surface area contributed by atoms with Gasteiger partial charge in [0.1, 0.15) is 6.54 Å². The van der Waals surface area contributed by atoms with E-state index < -0.39 is 24.3 Å². The molecule has 0 atom stereocenters. The van der Waals surface area contributed by atoms with E-state index in [-0.39, 0.29) is 12.6 Å². The molecule has 1 rings (SSSR count). The van der Waals surface area contributed by atoms with Crippen LogP contribution in [0, 0.1) is 0 Å². The van der Waals surface area contributed by atoms with Gasteiger partial charge in [-0.25, -0.2) is 0 Å². The number of aliphatic carboxylic acids is 1. The molecule has 1 aromatic rings. The molecule has 0 aromatic heterocycles. The van der Waals surface area contributed by atoms with Gasteiger partial charge in [0.05, 0.1) is 20.8 Å². The third-order valence-corrected chi connectivity index (χ3v) is 3.30. The summed E-state index contributed by atoms with van der Waals surface area (Å²) in [6, 6.07) is 4.33. The SMILES string of the molecule is COc1ccc(C(=O)NCC(=O)N(CC(=O)O)C(C)C)cc1OC. The normalized spacial score (nSPS) is 10.2. The van der Waals surface area contributed by atoms with E-state index in [9.17, 15) is 14.4 Å². The number of nitrogens with zero attached hydrogens (tertiary/aromatic N) is 1. The number of carboxylic acid groups (broad SMARTS) is 1. The van der Waals surface area contributed by atoms with Crippen molar-refractivity contribution in [1.82, 2.24) is 10.2 Å². The van der Waals surface area contributed by atoms with Crippen molar-refractivity contribution >= 4 is 17.8 Å². The predicted octanol–water partition coefficient (Wildman–Crippen LogP) is 0.755. The Balaban J connectivity index is 2.74. The number of hydrogen-bond donors (Lipinski definition) is 2. The third-order valence-electron chi connectivity index (χ3n) is 3.30. The Bertz CT molecular complexity index is 615. The molecule has 0 saturated carbocycles. The smallest absolute Gasteiger partial charge is 0.323 e. The molecule has 0 bridgehead atoms. The zero-order chi connectivity index (χ0) is 18.3. The number of amides is 2. The predicted molar refractivity (Wildman–Crippen MR) is 86.4 cm³/mol. The van der Waals surface area contributed by atoms with E-state index in [0.717, 1.165) is 0 Å². The fourth-order valence-corrected chi connectivity index (χ4v) is 2.04. The lowest BCUT2D eigenvalue weighted by Gasteiger charge is -2.25. The number of methoxy groups -OCH3 is 2. The van der Waals surface area contributed by atoms with Gasteiger partial charge in [0.2, 0.25) is 5.91 Å². The van der Waals surface area contributed by atoms with Crippen LogP contribution in [-0.4, -0.2) is 61.1 Å². The number of carboxylic acids is 1. The summed E-state index contributed by atoms with van der Waals surface area (Å²) in [5, 5.41) is 11.3. The monoisotopic (exact) mass is 338 g/mol. The summed E-state index contributed by atoms with van der Waals surface area (Å²) in [5.41, 5.74) is 0.301. The number of rotatable bonds is 8. The Hall–Kier alpha value is -2.77. The molecule has 0 fully saturated rings. The van der Waals surface area contributed by atoms with Crippen LogP contribution in [0.5, 0.6) is 11.5 Å². The van der Waals surface area contributed by atoms with Crippen molar-refractivity contribution in [2.75, 3.05) is 27.3 Å². The van der Waals surface area contributed by atoms with Crippen molar-refractivity contribution < 1.29 is 29.0 Å². The molecule has 0 aliphatic carbocycles. The number of hydrogen-bond acceptors (Lipinski definition) is 5. The van der Waals surface area contributed by atoms with Crippen molar-refractivity contribution in [3.05, 3.63) is 23.8 Å². The first-order chi connectivity index (χ1) is 11.3. The highest BCUT2D eigenvalue weighted by molar-refractivity contribution is 5.97. The second kappa shape index (κ2) is 8.76. The molecule has 132 valence electrons. The molecule has 1 aromatic carbocycles.